The zero-order valence-corrected chi connectivity index (χ0v) is 16.8. The topological polar surface area (TPSA) is 185 Å². The van der Waals surface area contributed by atoms with Gasteiger partial charge < -0.3 is 26.1 Å². The van der Waals surface area contributed by atoms with Crippen LogP contribution >= 0.6 is 23.1 Å². The van der Waals surface area contributed by atoms with E-state index in [1.165, 1.54) is 11.5 Å². The molecule has 1 aromatic heterocycles. The van der Waals surface area contributed by atoms with E-state index in [9.17, 15) is 24.3 Å². The summed E-state index contributed by atoms with van der Waals surface area (Å²) >= 11 is 2.17. The molecule has 0 radical (unpaired) electrons. The summed E-state index contributed by atoms with van der Waals surface area (Å²) in [7, 11) is 0. The second-order valence-corrected chi connectivity index (χ2v) is 8.14. The zero-order valence-electron chi connectivity index (χ0n) is 15.2. The van der Waals surface area contributed by atoms with Crippen LogP contribution in [0.15, 0.2) is 34.5 Å². The number of rotatable bonds is 8. The second-order valence-electron chi connectivity index (χ2n) is 5.99. The van der Waals surface area contributed by atoms with Gasteiger partial charge in [-0.05, 0) is 5.57 Å². The number of allylic oxidation sites excluding steroid dienone is 1. The molecule has 12 nitrogen and oxygen atoms in total. The molecule has 1 aromatic rings. The van der Waals surface area contributed by atoms with Gasteiger partial charge in [-0.2, -0.15) is 0 Å². The van der Waals surface area contributed by atoms with Crippen molar-refractivity contribution >= 4 is 57.7 Å². The summed E-state index contributed by atoms with van der Waals surface area (Å²) < 4.78 is 0. The SMILES string of the molecule is C=CC1=C(C(=O)O)N2C(=O)CC2(NC(=O)C(=NOCC(=O)O)c2csc(N)n2)SC1. The number of nitrogens with zero attached hydrogens (tertiary/aromatic N) is 3. The quantitative estimate of drug-likeness (QED) is 0.233. The van der Waals surface area contributed by atoms with Crippen molar-refractivity contribution in [2.45, 2.75) is 11.4 Å². The Labute approximate surface area is 177 Å². The molecule has 0 bridgehead atoms. The van der Waals surface area contributed by atoms with Crippen LogP contribution in [0.2, 0.25) is 0 Å². The van der Waals surface area contributed by atoms with Crippen LogP contribution in [-0.4, -0.2) is 66.9 Å². The lowest BCUT2D eigenvalue weighted by Crippen LogP contribution is -2.72. The number of carboxylic acids is 2. The average molecular weight is 453 g/mol. The van der Waals surface area contributed by atoms with Crippen molar-refractivity contribution in [3.63, 3.8) is 0 Å². The third-order valence-corrected chi connectivity index (χ3v) is 6.11. The zero-order chi connectivity index (χ0) is 22.1. The van der Waals surface area contributed by atoms with E-state index in [4.69, 9.17) is 10.8 Å². The van der Waals surface area contributed by atoms with E-state index in [0.29, 0.717) is 5.57 Å². The van der Waals surface area contributed by atoms with Crippen molar-refractivity contribution in [3.8, 4) is 0 Å². The Balaban J connectivity index is 1.91. The Morgan fingerprint density at radius 2 is 2.20 bits per heavy atom. The highest BCUT2D eigenvalue weighted by Gasteiger charge is 2.58. The van der Waals surface area contributed by atoms with Crippen LogP contribution in [0.25, 0.3) is 0 Å². The molecule has 2 amide bonds. The average Bonchev–Trinajstić information content (AvgIpc) is 3.09. The van der Waals surface area contributed by atoms with E-state index in [-0.39, 0.29) is 34.4 Å². The molecule has 30 heavy (non-hydrogen) atoms. The van der Waals surface area contributed by atoms with Gasteiger partial charge in [0.15, 0.2) is 15.8 Å². The van der Waals surface area contributed by atoms with Crippen LogP contribution in [0, 0.1) is 0 Å². The lowest BCUT2D eigenvalue weighted by atomic mass is 10.0. The number of carbonyl (C=O) groups is 4. The first-order valence-corrected chi connectivity index (χ1v) is 10.1. The number of nitrogen functional groups attached to an aromatic ring is 1. The van der Waals surface area contributed by atoms with Gasteiger partial charge in [0.25, 0.3) is 5.91 Å². The molecule has 158 valence electrons. The summed E-state index contributed by atoms with van der Waals surface area (Å²) in [5.74, 6) is -3.77. The van der Waals surface area contributed by atoms with Crippen molar-refractivity contribution in [1.82, 2.24) is 15.2 Å². The summed E-state index contributed by atoms with van der Waals surface area (Å²) in [6.07, 6.45) is 1.20. The third kappa shape index (κ3) is 3.86. The maximum Gasteiger partial charge on any atom is 0.353 e. The summed E-state index contributed by atoms with van der Waals surface area (Å²) in [4.78, 5) is 55.8. The molecule has 1 fully saturated rings. The number of carbonyl (C=O) groups excluding carboxylic acids is 2. The predicted octanol–water partition coefficient (Wildman–Crippen LogP) is -0.196. The number of aliphatic carboxylic acids is 2. The molecule has 3 heterocycles. The highest BCUT2D eigenvalue weighted by atomic mass is 32.2. The molecule has 3 rings (SSSR count). The fourth-order valence-corrected chi connectivity index (χ4v) is 4.73. The first-order valence-electron chi connectivity index (χ1n) is 8.20. The van der Waals surface area contributed by atoms with Gasteiger partial charge in [0.2, 0.25) is 12.5 Å². The molecule has 5 N–H and O–H groups in total. The number of nitrogens with one attached hydrogen (secondary N) is 1. The normalized spacial score (nSPS) is 20.9. The van der Waals surface area contributed by atoms with E-state index in [1.807, 2.05) is 0 Å². The number of thioether (sulfide) groups is 1. The molecule has 1 saturated heterocycles. The first-order chi connectivity index (χ1) is 14.2. The molecule has 0 aliphatic carbocycles. The lowest BCUT2D eigenvalue weighted by molar-refractivity contribution is -0.154. The van der Waals surface area contributed by atoms with E-state index in [1.54, 1.807) is 0 Å². The Bertz CT molecular complexity index is 1020. The molecule has 2 aliphatic rings. The Hall–Kier alpha value is -3.39. The molecule has 14 heteroatoms. The minimum atomic E-state index is -1.34. The van der Waals surface area contributed by atoms with Crippen LogP contribution < -0.4 is 11.1 Å². The van der Waals surface area contributed by atoms with Gasteiger partial charge in [0.05, 0.1) is 6.42 Å². The number of β-lactam (4-membered cyclic amide) rings is 1. The van der Waals surface area contributed by atoms with Crippen molar-refractivity contribution < 1.29 is 34.2 Å². The van der Waals surface area contributed by atoms with Gasteiger partial charge in [-0.1, -0.05) is 17.8 Å². The number of thiazole rings is 1. The monoisotopic (exact) mass is 453 g/mol. The Morgan fingerprint density at radius 1 is 1.47 bits per heavy atom. The van der Waals surface area contributed by atoms with Crippen molar-refractivity contribution in [3.05, 3.63) is 35.0 Å². The standard InChI is InChI=1S/C16H15N5O7S2/c1-2-7-5-30-16(3-9(22)21(16)12(7)14(26)27)19-13(25)11(20-28-4-10(23)24)8-6-29-15(17)18-8/h2,6H,1,3-5H2,(H2,17,18)(H,19,25)(H,23,24)(H,26,27). The fourth-order valence-electron chi connectivity index (χ4n) is 2.82. The van der Waals surface area contributed by atoms with Gasteiger partial charge in [-0.3, -0.25) is 14.5 Å². The maximum atomic E-state index is 12.9. The number of anilines is 1. The summed E-state index contributed by atoms with van der Waals surface area (Å²) in [5.41, 5.74) is 5.33. The summed E-state index contributed by atoms with van der Waals surface area (Å²) in [6, 6.07) is 0. The van der Waals surface area contributed by atoms with Gasteiger partial charge >= 0.3 is 11.9 Å². The largest absolute Gasteiger partial charge is 0.479 e. The van der Waals surface area contributed by atoms with Crippen LogP contribution in [0.3, 0.4) is 0 Å². The Kier molecular flexibility index (Phi) is 5.80. The minimum absolute atomic E-state index is 0.0376. The molecule has 0 spiro atoms. The highest BCUT2D eigenvalue weighted by Crippen LogP contribution is 2.47. The third-order valence-electron chi connectivity index (χ3n) is 4.08. The lowest BCUT2D eigenvalue weighted by Gasteiger charge is -2.53. The Morgan fingerprint density at radius 3 is 2.73 bits per heavy atom. The van der Waals surface area contributed by atoms with Gasteiger partial charge in [-0.15, -0.1) is 23.1 Å². The number of oxime groups is 1. The number of hydrogen-bond donors (Lipinski definition) is 4. The fraction of sp³-hybridized carbons (Fsp3) is 0.250. The molecule has 1 unspecified atom stereocenters. The molecular formula is C16H15N5O7S2. The van der Waals surface area contributed by atoms with E-state index in [0.717, 1.165) is 28.0 Å². The number of hydrogen-bond acceptors (Lipinski definition) is 10. The van der Waals surface area contributed by atoms with Crippen molar-refractivity contribution in [1.29, 1.82) is 0 Å². The van der Waals surface area contributed by atoms with Crippen molar-refractivity contribution in [2.75, 3.05) is 18.1 Å². The van der Waals surface area contributed by atoms with E-state index in [2.05, 4.69) is 26.9 Å². The van der Waals surface area contributed by atoms with E-state index >= 15 is 0 Å². The molecular weight excluding hydrogens is 438 g/mol. The summed E-state index contributed by atoms with van der Waals surface area (Å²) in [5, 5.41) is 26.0. The van der Waals surface area contributed by atoms with E-state index < -0.39 is 35.4 Å². The molecule has 0 saturated carbocycles. The van der Waals surface area contributed by atoms with Crippen LogP contribution in [0.5, 0.6) is 0 Å². The van der Waals surface area contributed by atoms with Gasteiger partial charge in [-0.25, -0.2) is 14.6 Å². The predicted molar refractivity (Wildman–Crippen MR) is 106 cm³/mol. The molecule has 1 atom stereocenters. The van der Waals surface area contributed by atoms with Crippen LogP contribution in [0.1, 0.15) is 12.1 Å². The molecule has 2 aliphatic heterocycles. The van der Waals surface area contributed by atoms with Crippen LogP contribution in [0.4, 0.5) is 5.13 Å². The molecule has 0 aromatic carbocycles. The highest BCUT2D eigenvalue weighted by molar-refractivity contribution is 8.01. The van der Waals surface area contributed by atoms with Gasteiger partial charge in [0.1, 0.15) is 11.4 Å². The number of nitrogens with two attached hydrogens (primary N) is 1. The first kappa shape index (κ1) is 21.3. The number of amides is 2. The number of aromatic nitrogens is 1. The minimum Gasteiger partial charge on any atom is -0.479 e. The van der Waals surface area contributed by atoms with Gasteiger partial charge in [0, 0.05) is 11.1 Å². The number of fused-ring (bicyclic) bond motifs is 1. The van der Waals surface area contributed by atoms with Crippen molar-refractivity contribution in [2.24, 2.45) is 5.16 Å². The van der Waals surface area contributed by atoms with Crippen LogP contribution in [-0.2, 0) is 24.0 Å². The maximum absolute atomic E-state index is 12.9. The smallest absolute Gasteiger partial charge is 0.353 e. The summed E-state index contributed by atoms with van der Waals surface area (Å²) in [6.45, 7) is 2.77. The second kappa shape index (κ2) is 8.16. The number of carboxylic acid groups (broad SMARTS) is 2.